The van der Waals surface area contributed by atoms with E-state index in [1.54, 1.807) is 0 Å². The molecule has 2 saturated heterocycles. The van der Waals surface area contributed by atoms with Gasteiger partial charge in [0.1, 0.15) is 0 Å². The number of hydrogen-bond acceptors (Lipinski definition) is 3. The van der Waals surface area contributed by atoms with E-state index in [2.05, 4.69) is 64.7 Å². The van der Waals surface area contributed by atoms with E-state index in [0.29, 0.717) is 12.0 Å². The molecule has 0 bridgehead atoms. The van der Waals surface area contributed by atoms with Gasteiger partial charge in [-0.25, -0.2) is 0 Å². The Labute approximate surface area is 158 Å². The van der Waals surface area contributed by atoms with Crippen molar-refractivity contribution in [3.8, 4) is 0 Å². The Hall–Kier alpha value is -1.75. The molecular weight excluding hydrogens is 322 g/mol. The van der Waals surface area contributed by atoms with Crippen LogP contribution in [0.4, 0.5) is 5.69 Å². The van der Waals surface area contributed by atoms with Gasteiger partial charge in [-0.15, -0.1) is 0 Å². The van der Waals surface area contributed by atoms with Gasteiger partial charge in [0.15, 0.2) is 5.96 Å². The molecule has 26 heavy (non-hydrogen) atoms. The Bertz CT molecular complexity index is 559. The topological polar surface area (TPSA) is 42.9 Å². The summed E-state index contributed by atoms with van der Waals surface area (Å²) in [5.74, 6) is 1.68. The van der Waals surface area contributed by atoms with Crippen molar-refractivity contribution in [2.24, 2.45) is 10.9 Å². The molecule has 2 aliphatic rings. The minimum absolute atomic E-state index is 0.454. The van der Waals surface area contributed by atoms with Gasteiger partial charge in [0.2, 0.25) is 0 Å². The first-order valence-corrected chi connectivity index (χ1v) is 10.3. The van der Waals surface area contributed by atoms with Gasteiger partial charge < -0.3 is 20.4 Å². The predicted molar refractivity (Wildman–Crippen MR) is 111 cm³/mol. The van der Waals surface area contributed by atoms with Crippen LogP contribution in [0.15, 0.2) is 35.3 Å². The summed E-state index contributed by atoms with van der Waals surface area (Å²) in [5.41, 5.74) is 1.33. The molecule has 0 radical (unpaired) electrons. The number of rotatable bonds is 5. The maximum atomic E-state index is 4.91. The lowest BCUT2D eigenvalue weighted by molar-refractivity contribution is 0.214. The van der Waals surface area contributed by atoms with E-state index in [1.165, 1.54) is 44.5 Å². The van der Waals surface area contributed by atoms with E-state index in [1.807, 2.05) is 0 Å². The van der Waals surface area contributed by atoms with E-state index in [9.17, 15) is 0 Å². The van der Waals surface area contributed by atoms with Crippen LogP contribution in [0.3, 0.4) is 0 Å². The van der Waals surface area contributed by atoms with Crippen molar-refractivity contribution >= 4 is 11.6 Å². The molecule has 0 aliphatic carbocycles. The molecule has 0 spiro atoms. The molecule has 2 heterocycles. The molecule has 0 saturated carbocycles. The molecule has 0 amide bonds. The van der Waals surface area contributed by atoms with Crippen molar-refractivity contribution in [3.63, 3.8) is 0 Å². The highest BCUT2D eigenvalue weighted by Gasteiger charge is 2.21. The first kappa shape index (κ1) is 19.0. The maximum absolute atomic E-state index is 4.91. The average Bonchev–Trinajstić information content (AvgIpc) is 2.67. The van der Waals surface area contributed by atoms with Crippen molar-refractivity contribution < 1.29 is 0 Å². The van der Waals surface area contributed by atoms with Crippen molar-refractivity contribution in [1.29, 1.82) is 0 Å². The fraction of sp³-hybridized carbons (Fsp3) is 0.667. The van der Waals surface area contributed by atoms with Crippen LogP contribution in [0, 0.1) is 5.92 Å². The first-order chi connectivity index (χ1) is 12.7. The normalized spacial score (nSPS) is 25.2. The molecule has 2 atom stereocenters. The van der Waals surface area contributed by atoms with Crippen LogP contribution in [0.1, 0.15) is 32.6 Å². The SMILES string of the molecule is CCNC(=NCC1CCCN(C)C1)NC1CCCN(c2ccccc2)C1. The molecule has 1 aromatic carbocycles. The van der Waals surface area contributed by atoms with Crippen LogP contribution in [-0.2, 0) is 0 Å². The summed E-state index contributed by atoms with van der Waals surface area (Å²) < 4.78 is 0. The summed E-state index contributed by atoms with van der Waals surface area (Å²) in [6.07, 6.45) is 5.03. The third-order valence-electron chi connectivity index (χ3n) is 5.46. The summed E-state index contributed by atoms with van der Waals surface area (Å²) >= 11 is 0. The second kappa shape index (κ2) is 9.81. The number of hydrogen-bond donors (Lipinski definition) is 2. The summed E-state index contributed by atoms with van der Waals surface area (Å²) in [6.45, 7) is 8.57. The summed E-state index contributed by atoms with van der Waals surface area (Å²) in [5, 5.41) is 7.13. The largest absolute Gasteiger partial charge is 0.369 e. The van der Waals surface area contributed by atoms with Crippen LogP contribution in [-0.4, -0.2) is 63.2 Å². The maximum Gasteiger partial charge on any atom is 0.191 e. The number of para-hydroxylation sites is 1. The van der Waals surface area contributed by atoms with E-state index in [-0.39, 0.29) is 0 Å². The van der Waals surface area contributed by atoms with E-state index in [0.717, 1.165) is 32.1 Å². The van der Waals surface area contributed by atoms with Crippen molar-refractivity contribution in [3.05, 3.63) is 30.3 Å². The minimum atomic E-state index is 0.454. The molecule has 1 aromatic rings. The smallest absolute Gasteiger partial charge is 0.191 e. The van der Waals surface area contributed by atoms with Gasteiger partial charge in [-0.1, -0.05) is 18.2 Å². The van der Waals surface area contributed by atoms with Crippen LogP contribution in [0.25, 0.3) is 0 Å². The molecule has 2 N–H and O–H groups in total. The monoisotopic (exact) mass is 357 g/mol. The van der Waals surface area contributed by atoms with Gasteiger partial charge in [-0.05, 0) is 64.3 Å². The molecule has 5 nitrogen and oxygen atoms in total. The van der Waals surface area contributed by atoms with Crippen LogP contribution in [0.5, 0.6) is 0 Å². The Balaban J connectivity index is 1.55. The third-order valence-corrected chi connectivity index (χ3v) is 5.46. The number of nitrogens with zero attached hydrogens (tertiary/aromatic N) is 3. The van der Waals surface area contributed by atoms with Gasteiger partial charge in [-0.3, -0.25) is 4.99 Å². The van der Waals surface area contributed by atoms with Gasteiger partial charge in [0.05, 0.1) is 0 Å². The number of aliphatic imine (C=N–C) groups is 1. The zero-order chi connectivity index (χ0) is 18.2. The molecule has 3 rings (SSSR count). The fourth-order valence-electron chi connectivity index (χ4n) is 4.12. The minimum Gasteiger partial charge on any atom is -0.369 e. The Morgan fingerprint density at radius 2 is 1.92 bits per heavy atom. The number of likely N-dealkylation sites (tertiary alicyclic amines) is 1. The standard InChI is InChI=1S/C21H35N5/c1-3-22-21(23-15-18-9-7-13-25(2)16-18)24-19-10-8-14-26(17-19)20-11-5-4-6-12-20/h4-6,11-12,18-19H,3,7-10,13-17H2,1-2H3,(H2,22,23,24). The number of nitrogens with one attached hydrogen (secondary N) is 2. The van der Waals surface area contributed by atoms with Gasteiger partial charge in [0, 0.05) is 44.5 Å². The van der Waals surface area contributed by atoms with E-state index < -0.39 is 0 Å². The number of anilines is 1. The third kappa shape index (κ3) is 5.63. The average molecular weight is 358 g/mol. The molecule has 2 aliphatic heterocycles. The highest BCUT2D eigenvalue weighted by molar-refractivity contribution is 5.80. The van der Waals surface area contributed by atoms with Crippen molar-refractivity contribution in [2.75, 3.05) is 51.2 Å². The zero-order valence-corrected chi connectivity index (χ0v) is 16.5. The van der Waals surface area contributed by atoms with Crippen LogP contribution in [0.2, 0.25) is 0 Å². The molecular formula is C21H35N5. The highest BCUT2D eigenvalue weighted by Crippen LogP contribution is 2.19. The van der Waals surface area contributed by atoms with Gasteiger partial charge in [-0.2, -0.15) is 0 Å². The quantitative estimate of drug-likeness (QED) is 0.628. The number of guanidine groups is 1. The van der Waals surface area contributed by atoms with Crippen molar-refractivity contribution in [1.82, 2.24) is 15.5 Å². The molecule has 2 unspecified atom stereocenters. The summed E-state index contributed by atoms with van der Waals surface area (Å²) in [6, 6.07) is 11.2. The Morgan fingerprint density at radius 3 is 2.69 bits per heavy atom. The van der Waals surface area contributed by atoms with E-state index >= 15 is 0 Å². The highest BCUT2D eigenvalue weighted by atomic mass is 15.2. The molecule has 0 aromatic heterocycles. The number of piperidine rings is 2. The van der Waals surface area contributed by atoms with Gasteiger partial charge >= 0.3 is 0 Å². The second-order valence-corrected chi connectivity index (χ2v) is 7.76. The van der Waals surface area contributed by atoms with Gasteiger partial charge in [0.25, 0.3) is 0 Å². The summed E-state index contributed by atoms with van der Waals surface area (Å²) in [4.78, 5) is 9.83. The number of benzene rings is 1. The lowest BCUT2D eigenvalue weighted by Crippen LogP contribution is -2.51. The van der Waals surface area contributed by atoms with Crippen molar-refractivity contribution in [2.45, 2.75) is 38.6 Å². The Kier molecular flexibility index (Phi) is 7.18. The lowest BCUT2D eigenvalue weighted by atomic mass is 9.99. The predicted octanol–water partition coefficient (Wildman–Crippen LogP) is 2.55. The van der Waals surface area contributed by atoms with Crippen LogP contribution >= 0.6 is 0 Å². The zero-order valence-electron chi connectivity index (χ0n) is 16.5. The fourth-order valence-corrected chi connectivity index (χ4v) is 4.12. The van der Waals surface area contributed by atoms with Crippen LogP contribution < -0.4 is 15.5 Å². The molecule has 5 heteroatoms. The summed E-state index contributed by atoms with van der Waals surface area (Å²) in [7, 11) is 2.22. The van der Waals surface area contributed by atoms with E-state index in [4.69, 9.17) is 4.99 Å². The molecule has 2 fully saturated rings. The first-order valence-electron chi connectivity index (χ1n) is 10.3. The second-order valence-electron chi connectivity index (χ2n) is 7.76. The lowest BCUT2D eigenvalue weighted by Gasteiger charge is -2.35. The Morgan fingerprint density at radius 1 is 1.12 bits per heavy atom. The molecule has 144 valence electrons.